The molecule has 1 aliphatic heterocycles. The van der Waals surface area contributed by atoms with Gasteiger partial charge in [0.05, 0.1) is 12.0 Å². The second-order valence-corrected chi connectivity index (χ2v) is 6.31. The van der Waals surface area contributed by atoms with Gasteiger partial charge >= 0.3 is 5.69 Å². The number of aryl methyl sites for hydroxylation is 1. The van der Waals surface area contributed by atoms with Crippen molar-refractivity contribution in [2.75, 3.05) is 19.7 Å². The van der Waals surface area contributed by atoms with Gasteiger partial charge in [-0.3, -0.25) is 19.2 Å². The van der Waals surface area contributed by atoms with E-state index >= 15 is 0 Å². The van der Waals surface area contributed by atoms with Crippen molar-refractivity contribution in [3.8, 4) is 5.75 Å². The van der Waals surface area contributed by atoms with Crippen LogP contribution >= 0.6 is 0 Å². The number of hydrogen-bond acceptors (Lipinski definition) is 5. The van der Waals surface area contributed by atoms with E-state index in [4.69, 9.17) is 0 Å². The second kappa shape index (κ2) is 7.19. The lowest BCUT2D eigenvalue weighted by Gasteiger charge is -2.34. The normalized spacial score (nSPS) is 19.0. The van der Waals surface area contributed by atoms with E-state index < -0.39 is 11.2 Å². The number of likely N-dealkylation sites (tertiary alicyclic amines) is 1. The van der Waals surface area contributed by atoms with Gasteiger partial charge in [0.15, 0.2) is 0 Å². The molecule has 0 radical (unpaired) electrons. The molecule has 0 spiro atoms. The van der Waals surface area contributed by atoms with Crippen LogP contribution < -0.4 is 11.2 Å². The maximum absolute atomic E-state index is 12.2. The van der Waals surface area contributed by atoms with E-state index in [-0.39, 0.29) is 23.9 Å². The predicted octanol–water partition coefficient (Wildman–Crippen LogP) is 0.632. The number of rotatable bonds is 5. The molecule has 2 heterocycles. The van der Waals surface area contributed by atoms with Crippen molar-refractivity contribution in [1.29, 1.82) is 0 Å². The molecular formula is C17H23N3O4. The smallest absolute Gasteiger partial charge is 0.328 e. The first-order chi connectivity index (χ1) is 11.6. The molecule has 0 saturated carbocycles. The van der Waals surface area contributed by atoms with E-state index in [2.05, 4.69) is 9.88 Å². The van der Waals surface area contributed by atoms with Crippen LogP contribution in [0.15, 0.2) is 27.8 Å². The number of nitrogens with one attached hydrogen (secondary N) is 1. The van der Waals surface area contributed by atoms with Crippen LogP contribution in [0.5, 0.6) is 5.75 Å². The standard InChI is InChI=1S/C17H23N3O4/c21-11-12-5-1-2-8-19(12)9-4-10-20-15-13(6-3-7-14(15)22)16(23)18-17(20)24/h3,6-7,12,21-22H,1-2,4-5,8-11H2,(H,18,23,24). The van der Waals surface area contributed by atoms with Gasteiger partial charge < -0.3 is 10.2 Å². The number of phenolic OH excluding ortho intramolecular Hbond substituents is 1. The Morgan fingerprint density at radius 3 is 2.83 bits per heavy atom. The Bertz CT molecular complexity index is 827. The fraction of sp³-hybridized carbons (Fsp3) is 0.529. The number of aromatic nitrogens is 2. The maximum atomic E-state index is 12.2. The molecule has 130 valence electrons. The largest absolute Gasteiger partial charge is 0.506 e. The molecule has 1 atom stereocenters. The summed E-state index contributed by atoms with van der Waals surface area (Å²) in [5, 5.41) is 19.8. The van der Waals surface area contributed by atoms with Gasteiger partial charge in [-0.15, -0.1) is 0 Å². The third-order valence-corrected chi connectivity index (χ3v) is 4.78. The summed E-state index contributed by atoms with van der Waals surface area (Å²) in [5.74, 6) is -0.0677. The second-order valence-electron chi connectivity index (χ2n) is 6.31. The molecule has 1 aromatic carbocycles. The highest BCUT2D eigenvalue weighted by atomic mass is 16.3. The third-order valence-electron chi connectivity index (χ3n) is 4.78. The van der Waals surface area contributed by atoms with Crippen LogP contribution in [0.3, 0.4) is 0 Å². The first-order valence-electron chi connectivity index (χ1n) is 8.41. The SMILES string of the molecule is O=c1[nH]c(=O)n(CCCN2CCCCC2CO)c2c(O)cccc12. The first-order valence-corrected chi connectivity index (χ1v) is 8.41. The van der Waals surface area contributed by atoms with Crippen molar-refractivity contribution in [3.63, 3.8) is 0 Å². The van der Waals surface area contributed by atoms with E-state index in [9.17, 15) is 19.8 Å². The maximum Gasteiger partial charge on any atom is 0.328 e. The summed E-state index contributed by atoms with van der Waals surface area (Å²) in [7, 11) is 0. The van der Waals surface area contributed by atoms with Gasteiger partial charge in [-0.05, 0) is 37.9 Å². The number of piperidine rings is 1. The number of aromatic hydroxyl groups is 1. The van der Waals surface area contributed by atoms with Gasteiger partial charge in [-0.25, -0.2) is 4.79 Å². The molecule has 2 aromatic rings. The number of benzene rings is 1. The molecule has 7 heteroatoms. The Hall–Kier alpha value is -2.12. The molecule has 1 saturated heterocycles. The van der Waals surface area contributed by atoms with Crippen LogP contribution in [0.25, 0.3) is 10.9 Å². The number of fused-ring (bicyclic) bond motifs is 1. The zero-order valence-corrected chi connectivity index (χ0v) is 13.6. The highest BCUT2D eigenvalue weighted by molar-refractivity contribution is 5.83. The molecule has 3 N–H and O–H groups in total. The average molecular weight is 333 g/mol. The lowest BCUT2D eigenvalue weighted by atomic mass is 10.0. The molecule has 0 bridgehead atoms. The quantitative estimate of drug-likeness (QED) is 0.745. The minimum absolute atomic E-state index is 0.0677. The summed E-state index contributed by atoms with van der Waals surface area (Å²) in [5.41, 5.74) is -0.714. The summed E-state index contributed by atoms with van der Waals surface area (Å²) >= 11 is 0. The van der Waals surface area contributed by atoms with E-state index in [0.29, 0.717) is 18.4 Å². The van der Waals surface area contributed by atoms with Gasteiger partial charge in [-0.1, -0.05) is 12.5 Å². The number of hydrogen-bond donors (Lipinski definition) is 3. The van der Waals surface area contributed by atoms with Gasteiger partial charge in [0.1, 0.15) is 11.3 Å². The van der Waals surface area contributed by atoms with E-state index in [1.54, 1.807) is 12.1 Å². The summed E-state index contributed by atoms with van der Waals surface area (Å²) in [4.78, 5) is 28.6. The number of phenols is 1. The molecule has 0 amide bonds. The lowest BCUT2D eigenvalue weighted by molar-refractivity contribution is 0.0882. The fourth-order valence-corrected chi connectivity index (χ4v) is 3.54. The van der Waals surface area contributed by atoms with Crippen molar-refractivity contribution in [2.45, 2.75) is 38.3 Å². The molecule has 1 aromatic heterocycles. The molecule has 3 rings (SSSR count). The van der Waals surface area contributed by atoms with Gasteiger partial charge in [0.2, 0.25) is 0 Å². The molecule has 24 heavy (non-hydrogen) atoms. The fourth-order valence-electron chi connectivity index (χ4n) is 3.54. The van der Waals surface area contributed by atoms with Crippen LogP contribution in [0.2, 0.25) is 0 Å². The number of para-hydroxylation sites is 1. The Labute approximate surface area is 139 Å². The highest BCUT2D eigenvalue weighted by Gasteiger charge is 2.21. The Kier molecular flexibility index (Phi) is 5.01. The van der Waals surface area contributed by atoms with Crippen molar-refractivity contribution < 1.29 is 10.2 Å². The molecule has 1 aliphatic rings. The number of nitrogens with zero attached hydrogens (tertiary/aromatic N) is 2. The third kappa shape index (κ3) is 3.22. The van der Waals surface area contributed by atoms with E-state index in [1.165, 1.54) is 10.6 Å². The van der Waals surface area contributed by atoms with E-state index in [0.717, 1.165) is 32.4 Å². The van der Waals surface area contributed by atoms with Crippen molar-refractivity contribution in [2.24, 2.45) is 0 Å². The van der Waals surface area contributed by atoms with Crippen molar-refractivity contribution in [1.82, 2.24) is 14.5 Å². The predicted molar refractivity (Wildman–Crippen MR) is 91.4 cm³/mol. The van der Waals surface area contributed by atoms with Gasteiger partial charge in [0.25, 0.3) is 5.56 Å². The number of aliphatic hydroxyl groups is 1. The number of H-pyrrole nitrogens is 1. The molecule has 1 unspecified atom stereocenters. The van der Waals surface area contributed by atoms with Crippen LogP contribution in [0.4, 0.5) is 0 Å². The Morgan fingerprint density at radius 2 is 2.04 bits per heavy atom. The van der Waals surface area contributed by atoms with E-state index in [1.807, 2.05) is 0 Å². The van der Waals surface area contributed by atoms with Crippen LogP contribution in [-0.4, -0.2) is 50.4 Å². The lowest BCUT2D eigenvalue weighted by Crippen LogP contribution is -2.42. The summed E-state index contributed by atoms with van der Waals surface area (Å²) in [6, 6.07) is 4.85. The molecule has 7 nitrogen and oxygen atoms in total. The molecule has 1 fully saturated rings. The summed E-state index contributed by atoms with van der Waals surface area (Å²) in [6.45, 7) is 2.28. The zero-order chi connectivity index (χ0) is 17.1. The first kappa shape index (κ1) is 16.7. The molecule has 0 aliphatic carbocycles. The number of aliphatic hydroxyl groups excluding tert-OH is 1. The van der Waals surface area contributed by atoms with Gasteiger partial charge in [0, 0.05) is 19.1 Å². The van der Waals surface area contributed by atoms with Crippen LogP contribution in [0.1, 0.15) is 25.7 Å². The monoisotopic (exact) mass is 333 g/mol. The van der Waals surface area contributed by atoms with Crippen molar-refractivity contribution in [3.05, 3.63) is 39.0 Å². The van der Waals surface area contributed by atoms with Crippen LogP contribution in [0, 0.1) is 0 Å². The minimum atomic E-state index is -0.508. The zero-order valence-electron chi connectivity index (χ0n) is 13.6. The number of aromatic amines is 1. The topological polar surface area (TPSA) is 98.6 Å². The van der Waals surface area contributed by atoms with Crippen molar-refractivity contribution >= 4 is 10.9 Å². The summed E-state index contributed by atoms with van der Waals surface area (Å²) < 4.78 is 1.42. The van der Waals surface area contributed by atoms with Crippen LogP contribution in [-0.2, 0) is 6.54 Å². The van der Waals surface area contributed by atoms with Gasteiger partial charge in [-0.2, -0.15) is 0 Å². The Balaban J connectivity index is 1.81. The minimum Gasteiger partial charge on any atom is -0.506 e. The molecular weight excluding hydrogens is 310 g/mol. The highest BCUT2D eigenvalue weighted by Crippen LogP contribution is 2.21. The average Bonchev–Trinajstić information content (AvgIpc) is 2.58. The summed E-state index contributed by atoms with van der Waals surface area (Å²) in [6.07, 6.45) is 3.96. The Morgan fingerprint density at radius 1 is 1.21 bits per heavy atom.